The summed E-state index contributed by atoms with van der Waals surface area (Å²) in [5.74, 6) is -0.476. The van der Waals surface area contributed by atoms with E-state index >= 15 is 0 Å². The molecule has 0 radical (unpaired) electrons. The quantitative estimate of drug-likeness (QED) is 0.771. The van der Waals surface area contributed by atoms with E-state index in [0.717, 1.165) is 0 Å². The highest BCUT2D eigenvalue weighted by Crippen LogP contribution is 2.16. The molecule has 0 N–H and O–H groups in total. The van der Waals surface area contributed by atoms with E-state index in [2.05, 4.69) is 0 Å². The zero-order chi connectivity index (χ0) is 12.6. The van der Waals surface area contributed by atoms with Crippen molar-refractivity contribution in [3.63, 3.8) is 0 Å². The summed E-state index contributed by atoms with van der Waals surface area (Å²) in [6.45, 7) is 2.98. The molecule has 0 spiro atoms. The van der Waals surface area contributed by atoms with Crippen LogP contribution >= 0.6 is 11.6 Å². The van der Waals surface area contributed by atoms with Crippen LogP contribution in [-0.4, -0.2) is 10.4 Å². The molecule has 0 saturated heterocycles. The first-order valence-corrected chi connectivity index (χ1v) is 5.38. The van der Waals surface area contributed by atoms with Crippen LogP contribution in [0.3, 0.4) is 0 Å². The maximum absolute atomic E-state index is 11.7. The molecule has 0 bridgehead atoms. The van der Waals surface area contributed by atoms with Gasteiger partial charge in [-0.05, 0) is 31.2 Å². The number of carbonyl (C=O) groups is 1. The molecule has 0 saturated carbocycles. The van der Waals surface area contributed by atoms with Gasteiger partial charge in [-0.15, -0.1) is 0 Å². The van der Waals surface area contributed by atoms with E-state index in [1.54, 1.807) is 31.2 Å². The number of carbonyl (C=O) groups excluding carboxylic acids is 1. The van der Waals surface area contributed by atoms with Gasteiger partial charge in [-0.2, -0.15) is 0 Å². The Balaban J connectivity index is 2.70. The smallest absolute Gasteiger partial charge is 0.412 e. The number of hydrogen-bond acceptors (Lipinski definition) is 3. The van der Waals surface area contributed by atoms with Gasteiger partial charge in [0.15, 0.2) is 5.78 Å². The molecule has 0 aliphatic rings. The highest BCUT2D eigenvalue weighted by atomic mass is 35.5. The predicted octanol–water partition coefficient (Wildman–Crippen LogP) is 2.59. The second kappa shape index (κ2) is 4.22. The van der Waals surface area contributed by atoms with Gasteiger partial charge in [0, 0.05) is 11.9 Å². The monoisotopic (exact) mass is 251 g/mol. The summed E-state index contributed by atoms with van der Waals surface area (Å²) in [5.41, 5.74) is 0.818. The maximum Gasteiger partial charge on any atom is 0.424 e. The fraction of sp³-hybridized carbons (Fsp3) is 0.167. The number of Topliss-reactive ketones (excluding diaryl/α,β-unsaturated/α-hetero) is 1. The molecule has 2 aromatic rings. The molecular weight excluding hydrogens is 242 g/mol. The molecule has 17 heavy (non-hydrogen) atoms. The zero-order valence-electron chi connectivity index (χ0n) is 9.36. The van der Waals surface area contributed by atoms with Gasteiger partial charge in [-0.25, -0.2) is 9.36 Å². The topological polar surface area (TPSA) is 52.2 Å². The van der Waals surface area contributed by atoms with Crippen molar-refractivity contribution < 1.29 is 9.21 Å². The fourth-order valence-corrected chi connectivity index (χ4v) is 1.83. The summed E-state index contributed by atoms with van der Waals surface area (Å²) >= 11 is 5.77. The van der Waals surface area contributed by atoms with Gasteiger partial charge < -0.3 is 4.42 Å². The van der Waals surface area contributed by atoms with E-state index in [0.29, 0.717) is 16.5 Å². The number of halogens is 1. The van der Waals surface area contributed by atoms with Crippen LogP contribution in [0.25, 0.3) is 5.69 Å². The Kier molecular flexibility index (Phi) is 2.90. The standard InChI is InChI=1S/C12H10ClNO3/c1-7(15)11-8(2)17-12(16)14(11)10-5-3-9(13)4-6-10/h3-6H,1-2H3. The van der Waals surface area contributed by atoms with Gasteiger partial charge in [0.25, 0.3) is 0 Å². The van der Waals surface area contributed by atoms with Gasteiger partial charge >= 0.3 is 5.76 Å². The zero-order valence-corrected chi connectivity index (χ0v) is 10.1. The minimum atomic E-state index is -0.574. The maximum atomic E-state index is 11.7. The van der Waals surface area contributed by atoms with E-state index in [4.69, 9.17) is 16.0 Å². The minimum absolute atomic E-state index is 0.219. The third-order valence-electron chi connectivity index (χ3n) is 2.40. The molecule has 1 aromatic carbocycles. The molecule has 0 atom stereocenters. The van der Waals surface area contributed by atoms with E-state index in [-0.39, 0.29) is 11.5 Å². The van der Waals surface area contributed by atoms with Crippen molar-refractivity contribution in [1.82, 2.24) is 4.57 Å². The van der Waals surface area contributed by atoms with Crippen molar-refractivity contribution >= 4 is 17.4 Å². The summed E-state index contributed by atoms with van der Waals surface area (Å²) in [6.07, 6.45) is 0. The van der Waals surface area contributed by atoms with Gasteiger partial charge in [-0.3, -0.25) is 4.79 Å². The molecule has 1 heterocycles. The molecule has 5 heteroatoms. The lowest BCUT2D eigenvalue weighted by atomic mass is 10.2. The largest absolute Gasteiger partial charge is 0.424 e. The lowest BCUT2D eigenvalue weighted by molar-refractivity contribution is 0.101. The Morgan fingerprint density at radius 1 is 1.29 bits per heavy atom. The number of oxazole rings is 1. The number of aromatic nitrogens is 1. The van der Waals surface area contributed by atoms with E-state index in [1.165, 1.54) is 11.5 Å². The third kappa shape index (κ3) is 2.03. The average molecular weight is 252 g/mol. The van der Waals surface area contributed by atoms with E-state index in [1.807, 2.05) is 0 Å². The first-order valence-electron chi connectivity index (χ1n) is 5.00. The molecule has 1 aromatic heterocycles. The summed E-state index contributed by atoms with van der Waals surface area (Å²) in [7, 11) is 0. The predicted molar refractivity (Wildman–Crippen MR) is 64.1 cm³/mol. The van der Waals surface area contributed by atoms with Crippen LogP contribution in [0, 0.1) is 6.92 Å². The highest BCUT2D eigenvalue weighted by Gasteiger charge is 2.18. The Morgan fingerprint density at radius 3 is 2.41 bits per heavy atom. The van der Waals surface area contributed by atoms with Crippen molar-refractivity contribution in [1.29, 1.82) is 0 Å². The fourth-order valence-electron chi connectivity index (χ4n) is 1.70. The molecule has 88 valence electrons. The van der Waals surface area contributed by atoms with Gasteiger partial charge in [0.1, 0.15) is 11.5 Å². The van der Waals surface area contributed by atoms with Gasteiger partial charge in [0.2, 0.25) is 0 Å². The highest BCUT2D eigenvalue weighted by molar-refractivity contribution is 6.30. The Labute approximate surface area is 102 Å². The molecule has 0 aliphatic carbocycles. The Bertz CT molecular complexity index is 622. The van der Waals surface area contributed by atoms with Crippen LogP contribution in [0.15, 0.2) is 33.5 Å². The van der Waals surface area contributed by atoms with Crippen molar-refractivity contribution in [3.8, 4) is 5.69 Å². The first-order chi connectivity index (χ1) is 8.00. The Morgan fingerprint density at radius 2 is 1.88 bits per heavy atom. The molecule has 0 unspecified atom stereocenters. The minimum Gasteiger partial charge on any atom is -0.412 e. The lowest BCUT2D eigenvalue weighted by Crippen LogP contribution is -2.16. The summed E-state index contributed by atoms with van der Waals surface area (Å²) in [4.78, 5) is 23.2. The number of rotatable bonds is 2. The van der Waals surface area contributed by atoms with Crippen LogP contribution in [0.1, 0.15) is 23.2 Å². The summed E-state index contributed by atoms with van der Waals surface area (Å²) in [6, 6.07) is 6.61. The number of benzene rings is 1. The number of hydrogen-bond donors (Lipinski definition) is 0. The SMILES string of the molecule is CC(=O)c1c(C)oc(=O)n1-c1ccc(Cl)cc1. The van der Waals surface area contributed by atoms with E-state index < -0.39 is 5.76 Å². The molecule has 2 rings (SSSR count). The van der Waals surface area contributed by atoms with Gasteiger partial charge in [0.05, 0.1) is 5.69 Å². The third-order valence-corrected chi connectivity index (χ3v) is 2.65. The molecular formula is C12H10ClNO3. The van der Waals surface area contributed by atoms with Crippen molar-refractivity contribution in [2.24, 2.45) is 0 Å². The summed E-state index contributed by atoms with van der Waals surface area (Å²) in [5, 5.41) is 0.561. The molecule has 4 nitrogen and oxygen atoms in total. The first kappa shape index (κ1) is 11.7. The summed E-state index contributed by atoms with van der Waals surface area (Å²) < 4.78 is 6.19. The van der Waals surface area contributed by atoms with Crippen LogP contribution in [-0.2, 0) is 0 Å². The van der Waals surface area contributed by atoms with Crippen LogP contribution in [0.5, 0.6) is 0 Å². The van der Waals surface area contributed by atoms with Crippen LogP contribution in [0.4, 0.5) is 0 Å². The normalized spacial score (nSPS) is 10.5. The van der Waals surface area contributed by atoms with Crippen molar-refractivity contribution in [3.05, 3.63) is 51.3 Å². The van der Waals surface area contributed by atoms with Crippen molar-refractivity contribution in [2.45, 2.75) is 13.8 Å². The molecule has 0 fully saturated rings. The number of aryl methyl sites for hydroxylation is 1. The van der Waals surface area contributed by atoms with Gasteiger partial charge in [-0.1, -0.05) is 11.6 Å². The average Bonchev–Trinajstić information content (AvgIpc) is 2.55. The van der Waals surface area contributed by atoms with Crippen LogP contribution in [0.2, 0.25) is 5.02 Å². The molecule has 0 amide bonds. The Hall–Kier alpha value is -1.81. The van der Waals surface area contributed by atoms with E-state index in [9.17, 15) is 9.59 Å². The lowest BCUT2D eigenvalue weighted by Gasteiger charge is -2.03. The second-order valence-electron chi connectivity index (χ2n) is 3.64. The van der Waals surface area contributed by atoms with Crippen molar-refractivity contribution in [2.75, 3.05) is 0 Å². The second-order valence-corrected chi connectivity index (χ2v) is 4.08. The molecule has 0 aliphatic heterocycles. The number of nitrogens with zero attached hydrogens (tertiary/aromatic N) is 1. The van der Waals surface area contributed by atoms with Crippen LogP contribution < -0.4 is 5.76 Å². The number of ketones is 1.